The highest BCUT2D eigenvalue weighted by atomic mass is 32.1. The van der Waals surface area contributed by atoms with E-state index in [2.05, 4.69) is 10.3 Å². The van der Waals surface area contributed by atoms with Crippen molar-refractivity contribution >= 4 is 33.4 Å². The number of aromatic nitrogens is 1. The molecule has 6 nitrogen and oxygen atoms in total. The number of benzene rings is 1. The highest BCUT2D eigenvalue weighted by Crippen LogP contribution is 2.25. The van der Waals surface area contributed by atoms with Gasteiger partial charge in [0.2, 0.25) is 0 Å². The molecule has 0 aliphatic rings. The Labute approximate surface area is 180 Å². The first-order valence-electron chi connectivity index (χ1n) is 9.95. The van der Waals surface area contributed by atoms with Gasteiger partial charge in [0.25, 0.3) is 5.91 Å². The van der Waals surface area contributed by atoms with Crippen LogP contribution in [0.3, 0.4) is 0 Å². The summed E-state index contributed by atoms with van der Waals surface area (Å²) in [5.41, 5.74) is 1.05. The summed E-state index contributed by atoms with van der Waals surface area (Å²) in [6.45, 7) is 6.88. The van der Waals surface area contributed by atoms with Crippen molar-refractivity contribution in [3.05, 3.63) is 65.3 Å². The monoisotopic (exact) mass is 425 g/mol. The van der Waals surface area contributed by atoms with Crippen molar-refractivity contribution in [3.8, 4) is 0 Å². The van der Waals surface area contributed by atoms with Gasteiger partial charge < -0.3 is 15.0 Å². The molecule has 2 heterocycles. The Morgan fingerprint density at radius 3 is 2.70 bits per heavy atom. The Hall–Kier alpha value is -2.93. The lowest BCUT2D eigenvalue weighted by atomic mass is 10.1. The van der Waals surface area contributed by atoms with Crippen molar-refractivity contribution in [2.24, 2.45) is 0 Å². The maximum absolute atomic E-state index is 12.6. The van der Waals surface area contributed by atoms with Gasteiger partial charge in [-0.1, -0.05) is 24.3 Å². The van der Waals surface area contributed by atoms with Gasteiger partial charge in [-0.15, -0.1) is 11.3 Å². The summed E-state index contributed by atoms with van der Waals surface area (Å²) in [6, 6.07) is 11.6. The molecule has 30 heavy (non-hydrogen) atoms. The summed E-state index contributed by atoms with van der Waals surface area (Å²) in [5.74, 6) is -0.0940. The fraction of sp³-hybridized carbons (Fsp3) is 0.348. The standard InChI is InChI=1S/C23H27N3O3S/c1-23(2,3)29-22(28)26(15-17-8-6-11-24-14-17)13-7-12-25-21(27)19-16-30-20-10-5-4-9-18(19)20/h4-6,8-11,14,16H,7,12-13,15H2,1-3H3,(H,25,27). The molecule has 0 atom stereocenters. The van der Waals surface area contributed by atoms with Crippen molar-refractivity contribution in [1.82, 2.24) is 15.2 Å². The first-order chi connectivity index (χ1) is 14.3. The summed E-state index contributed by atoms with van der Waals surface area (Å²) in [5, 5.41) is 5.81. The Kier molecular flexibility index (Phi) is 7.05. The fourth-order valence-electron chi connectivity index (χ4n) is 2.99. The Bertz CT molecular complexity index is 996. The van der Waals surface area contributed by atoms with Crippen LogP contribution in [0.15, 0.2) is 54.2 Å². The second-order valence-electron chi connectivity index (χ2n) is 8.02. The molecule has 3 aromatic rings. The topological polar surface area (TPSA) is 71.5 Å². The molecule has 3 rings (SSSR count). The second-order valence-corrected chi connectivity index (χ2v) is 8.93. The van der Waals surface area contributed by atoms with E-state index in [-0.39, 0.29) is 12.0 Å². The molecule has 0 spiro atoms. The number of carbonyl (C=O) groups is 2. The molecule has 1 N–H and O–H groups in total. The third-order valence-corrected chi connectivity index (χ3v) is 5.33. The zero-order chi connectivity index (χ0) is 21.6. The minimum atomic E-state index is -0.571. The molecule has 0 saturated carbocycles. The average Bonchev–Trinajstić information content (AvgIpc) is 3.14. The normalized spacial score (nSPS) is 11.3. The van der Waals surface area contributed by atoms with Crippen molar-refractivity contribution in [1.29, 1.82) is 0 Å². The molecule has 7 heteroatoms. The van der Waals surface area contributed by atoms with Crippen LogP contribution in [0.1, 0.15) is 43.1 Å². The van der Waals surface area contributed by atoms with Crippen molar-refractivity contribution in [2.75, 3.05) is 13.1 Å². The zero-order valence-corrected chi connectivity index (χ0v) is 18.4. The number of nitrogens with zero attached hydrogens (tertiary/aromatic N) is 2. The van der Waals surface area contributed by atoms with E-state index in [0.717, 1.165) is 15.6 Å². The van der Waals surface area contributed by atoms with Gasteiger partial charge in [0, 0.05) is 40.9 Å². The lowest BCUT2D eigenvalue weighted by molar-refractivity contribution is 0.0232. The molecule has 0 aliphatic heterocycles. The zero-order valence-electron chi connectivity index (χ0n) is 17.6. The van der Waals surface area contributed by atoms with Crippen molar-refractivity contribution in [3.63, 3.8) is 0 Å². The first kappa shape index (κ1) is 21.8. The van der Waals surface area contributed by atoms with E-state index >= 15 is 0 Å². The van der Waals surface area contributed by atoms with E-state index in [1.165, 1.54) is 0 Å². The quantitative estimate of drug-likeness (QED) is 0.549. The van der Waals surface area contributed by atoms with Crippen LogP contribution in [0.2, 0.25) is 0 Å². The number of pyridine rings is 1. The molecule has 0 saturated heterocycles. The van der Waals surface area contributed by atoms with Gasteiger partial charge >= 0.3 is 6.09 Å². The summed E-state index contributed by atoms with van der Waals surface area (Å²) < 4.78 is 6.63. The molecule has 1 aromatic carbocycles. The fourth-order valence-corrected chi connectivity index (χ4v) is 3.94. The Balaban J connectivity index is 1.56. The van der Waals surface area contributed by atoms with E-state index < -0.39 is 5.60 Å². The van der Waals surface area contributed by atoms with E-state index in [4.69, 9.17) is 4.74 Å². The number of thiophene rings is 1. The van der Waals surface area contributed by atoms with E-state index in [1.807, 2.05) is 62.5 Å². The van der Waals surface area contributed by atoms with Crippen LogP contribution in [0.25, 0.3) is 10.1 Å². The molecule has 0 aliphatic carbocycles. The van der Waals surface area contributed by atoms with Crippen LogP contribution in [-0.2, 0) is 11.3 Å². The summed E-state index contributed by atoms with van der Waals surface area (Å²) >= 11 is 1.56. The van der Waals surface area contributed by atoms with Gasteiger partial charge in [0.1, 0.15) is 5.60 Å². The number of fused-ring (bicyclic) bond motifs is 1. The van der Waals surface area contributed by atoms with Crippen LogP contribution in [0, 0.1) is 0 Å². The smallest absolute Gasteiger partial charge is 0.410 e. The first-order valence-corrected chi connectivity index (χ1v) is 10.8. The Morgan fingerprint density at radius 1 is 1.17 bits per heavy atom. The minimum Gasteiger partial charge on any atom is -0.444 e. The maximum Gasteiger partial charge on any atom is 0.410 e. The third kappa shape index (κ3) is 6.03. The van der Waals surface area contributed by atoms with Gasteiger partial charge in [-0.2, -0.15) is 0 Å². The van der Waals surface area contributed by atoms with Crippen LogP contribution in [0.4, 0.5) is 4.79 Å². The van der Waals surface area contributed by atoms with Crippen LogP contribution in [0.5, 0.6) is 0 Å². The molecular formula is C23H27N3O3S. The number of ether oxygens (including phenoxy) is 1. The summed E-state index contributed by atoms with van der Waals surface area (Å²) in [6.07, 6.45) is 3.68. The molecular weight excluding hydrogens is 398 g/mol. The SMILES string of the molecule is CC(C)(C)OC(=O)N(CCCNC(=O)c1csc2ccccc12)Cc1cccnc1. The lowest BCUT2D eigenvalue weighted by Gasteiger charge is -2.27. The molecule has 2 aromatic heterocycles. The maximum atomic E-state index is 12.6. The number of rotatable bonds is 7. The van der Waals surface area contributed by atoms with Gasteiger partial charge in [-0.05, 0) is 44.9 Å². The highest BCUT2D eigenvalue weighted by molar-refractivity contribution is 7.17. The molecule has 2 amide bonds. The number of nitrogens with one attached hydrogen (secondary N) is 1. The van der Waals surface area contributed by atoms with Gasteiger partial charge in [0.15, 0.2) is 0 Å². The largest absolute Gasteiger partial charge is 0.444 e. The summed E-state index contributed by atoms with van der Waals surface area (Å²) in [4.78, 5) is 30.9. The molecule has 0 unspecified atom stereocenters. The van der Waals surface area contributed by atoms with Crippen LogP contribution >= 0.6 is 11.3 Å². The van der Waals surface area contributed by atoms with Gasteiger partial charge in [-0.25, -0.2) is 4.79 Å². The third-order valence-electron chi connectivity index (χ3n) is 4.36. The van der Waals surface area contributed by atoms with Crippen molar-refractivity contribution < 1.29 is 14.3 Å². The predicted molar refractivity (Wildman–Crippen MR) is 120 cm³/mol. The highest BCUT2D eigenvalue weighted by Gasteiger charge is 2.22. The molecule has 0 fully saturated rings. The number of carbonyl (C=O) groups excluding carboxylic acids is 2. The second kappa shape index (κ2) is 9.71. The Morgan fingerprint density at radius 2 is 1.97 bits per heavy atom. The van der Waals surface area contributed by atoms with Crippen LogP contribution in [-0.4, -0.2) is 40.6 Å². The number of hydrogen-bond acceptors (Lipinski definition) is 5. The minimum absolute atomic E-state index is 0.0940. The number of amides is 2. The summed E-state index contributed by atoms with van der Waals surface area (Å²) in [7, 11) is 0. The van der Waals surface area contributed by atoms with Gasteiger partial charge in [-0.3, -0.25) is 9.78 Å². The lowest BCUT2D eigenvalue weighted by Crippen LogP contribution is -2.38. The molecule has 158 valence electrons. The molecule has 0 bridgehead atoms. The molecule has 0 radical (unpaired) electrons. The van der Waals surface area contributed by atoms with Gasteiger partial charge in [0.05, 0.1) is 12.1 Å². The van der Waals surface area contributed by atoms with E-state index in [0.29, 0.717) is 31.6 Å². The predicted octanol–water partition coefficient (Wildman–Crippen LogP) is 4.85. The van der Waals surface area contributed by atoms with E-state index in [9.17, 15) is 9.59 Å². The van der Waals surface area contributed by atoms with Crippen LogP contribution < -0.4 is 5.32 Å². The van der Waals surface area contributed by atoms with E-state index in [1.54, 1.807) is 28.6 Å². The number of hydrogen-bond donors (Lipinski definition) is 1. The van der Waals surface area contributed by atoms with Crippen molar-refractivity contribution in [2.45, 2.75) is 39.3 Å². The average molecular weight is 426 g/mol.